The lowest BCUT2D eigenvalue weighted by atomic mass is 9.87. The molecule has 0 spiro atoms. The largest absolute Gasteiger partial charge is 0.353 e. The van der Waals surface area contributed by atoms with E-state index in [1.165, 1.54) is 29.8 Å². The molecule has 3 aromatic carbocycles. The second-order valence-electron chi connectivity index (χ2n) is 8.80. The Hall–Kier alpha value is -3.05. The minimum absolute atomic E-state index is 0.0331. The van der Waals surface area contributed by atoms with Gasteiger partial charge in [0.05, 0.1) is 0 Å². The zero-order valence-corrected chi connectivity index (χ0v) is 18.7. The van der Waals surface area contributed by atoms with Gasteiger partial charge in [0.2, 0.25) is 5.91 Å². The summed E-state index contributed by atoms with van der Waals surface area (Å²) in [6, 6.07) is 23.3. The molecule has 1 aliphatic heterocycles. The van der Waals surface area contributed by atoms with E-state index in [2.05, 4.69) is 34.5 Å². The van der Waals surface area contributed by atoms with Crippen LogP contribution < -0.4 is 5.32 Å². The molecule has 3 aromatic rings. The Morgan fingerprint density at radius 3 is 1.94 bits per heavy atom. The zero-order chi connectivity index (χ0) is 23.0. The maximum atomic E-state index is 13.4. The Balaban J connectivity index is 1.29. The number of amides is 1. The number of piperidine rings is 1. The van der Waals surface area contributed by atoms with Gasteiger partial charge in [0.25, 0.3) is 0 Å². The van der Waals surface area contributed by atoms with Gasteiger partial charge in [0.1, 0.15) is 11.6 Å². The Bertz CT molecular complexity index is 969. The molecule has 1 fully saturated rings. The summed E-state index contributed by atoms with van der Waals surface area (Å²) < 4.78 is 26.8. The number of benzene rings is 3. The maximum absolute atomic E-state index is 13.4. The van der Waals surface area contributed by atoms with Gasteiger partial charge in [-0.25, -0.2) is 8.78 Å². The summed E-state index contributed by atoms with van der Waals surface area (Å²) in [5.41, 5.74) is 3.16. The van der Waals surface area contributed by atoms with Crippen LogP contribution in [0, 0.1) is 11.6 Å². The molecular weight excluding hydrogens is 418 g/mol. The number of hydrogen-bond donors (Lipinski definition) is 1. The van der Waals surface area contributed by atoms with Crippen molar-refractivity contribution in [3.8, 4) is 0 Å². The second-order valence-corrected chi connectivity index (χ2v) is 8.80. The van der Waals surface area contributed by atoms with E-state index in [1.807, 2.05) is 6.07 Å². The second kappa shape index (κ2) is 11.2. The molecule has 0 aliphatic carbocycles. The third kappa shape index (κ3) is 6.72. The van der Waals surface area contributed by atoms with Crippen LogP contribution in [0.25, 0.3) is 0 Å². The summed E-state index contributed by atoms with van der Waals surface area (Å²) in [6.45, 7) is 2.87. The van der Waals surface area contributed by atoms with Crippen LogP contribution >= 0.6 is 0 Å². The molecule has 1 saturated heterocycles. The number of nitrogens with one attached hydrogen (secondary N) is 1. The van der Waals surface area contributed by atoms with Crippen molar-refractivity contribution in [2.24, 2.45) is 0 Å². The minimum atomic E-state index is -0.298. The van der Waals surface area contributed by atoms with Crippen LogP contribution in [0.4, 0.5) is 8.78 Å². The number of likely N-dealkylation sites (tertiary alicyclic amines) is 1. The molecule has 1 N–H and O–H groups in total. The van der Waals surface area contributed by atoms with Crippen LogP contribution in [-0.4, -0.2) is 29.9 Å². The first kappa shape index (κ1) is 23.1. The quantitative estimate of drug-likeness (QED) is 0.482. The van der Waals surface area contributed by atoms with E-state index in [1.54, 1.807) is 24.3 Å². The predicted octanol–water partition coefficient (Wildman–Crippen LogP) is 5.66. The van der Waals surface area contributed by atoms with Crippen molar-refractivity contribution in [3.05, 3.63) is 107 Å². The fraction of sp³-hybridized carbons (Fsp3) is 0.321. The number of halogens is 2. The molecule has 0 saturated carbocycles. The molecule has 5 heteroatoms. The average Bonchev–Trinajstić information content (AvgIpc) is 2.83. The molecule has 1 amide bonds. The molecule has 1 aliphatic rings. The molecule has 0 unspecified atom stereocenters. The molecule has 172 valence electrons. The van der Waals surface area contributed by atoms with Crippen molar-refractivity contribution in [2.45, 2.75) is 44.2 Å². The number of hydrogen-bond acceptors (Lipinski definition) is 2. The smallest absolute Gasteiger partial charge is 0.220 e. The van der Waals surface area contributed by atoms with Crippen LogP contribution in [0.15, 0.2) is 78.9 Å². The van der Waals surface area contributed by atoms with Crippen LogP contribution in [0.1, 0.15) is 48.3 Å². The number of carbonyl (C=O) groups excluding carboxylic acids is 1. The van der Waals surface area contributed by atoms with Crippen LogP contribution in [0.2, 0.25) is 0 Å². The van der Waals surface area contributed by atoms with Gasteiger partial charge in [-0.2, -0.15) is 0 Å². The first-order valence-corrected chi connectivity index (χ1v) is 11.6. The Morgan fingerprint density at radius 2 is 1.39 bits per heavy atom. The van der Waals surface area contributed by atoms with Gasteiger partial charge in [-0.15, -0.1) is 0 Å². The fourth-order valence-corrected chi connectivity index (χ4v) is 4.57. The highest BCUT2D eigenvalue weighted by atomic mass is 19.1. The fourth-order valence-electron chi connectivity index (χ4n) is 4.57. The zero-order valence-electron chi connectivity index (χ0n) is 18.7. The number of carbonyl (C=O) groups is 1. The molecule has 0 radical (unpaired) electrons. The maximum Gasteiger partial charge on any atom is 0.220 e. The molecule has 1 heterocycles. The standard InChI is InChI=1S/C28H30F2N2O/c29-24-10-6-22(7-11-24)27(23-8-12-25(30)13-9-23)14-15-28(33)31-26-16-18-32(19-17-26)20-21-4-2-1-3-5-21/h1-13,26-27H,14-20H2,(H,31,33). The Labute approximate surface area is 194 Å². The van der Waals surface area contributed by atoms with E-state index >= 15 is 0 Å². The third-order valence-corrected chi connectivity index (χ3v) is 6.41. The summed E-state index contributed by atoms with van der Waals surface area (Å²) >= 11 is 0. The SMILES string of the molecule is O=C(CCC(c1ccc(F)cc1)c1ccc(F)cc1)NC1CCN(Cc2ccccc2)CC1. The van der Waals surface area contributed by atoms with Crippen molar-refractivity contribution in [2.75, 3.05) is 13.1 Å². The van der Waals surface area contributed by atoms with Gasteiger partial charge in [0.15, 0.2) is 0 Å². The third-order valence-electron chi connectivity index (χ3n) is 6.41. The molecule has 3 nitrogen and oxygen atoms in total. The highest BCUT2D eigenvalue weighted by Crippen LogP contribution is 2.30. The van der Waals surface area contributed by atoms with E-state index in [0.717, 1.165) is 43.6 Å². The van der Waals surface area contributed by atoms with Crippen molar-refractivity contribution in [1.82, 2.24) is 10.2 Å². The summed E-state index contributed by atoms with van der Waals surface area (Å²) in [6.07, 6.45) is 2.83. The highest BCUT2D eigenvalue weighted by molar-refractivity contribution is 5.76. The first-order valence-electron chi connectivity index (χ1n) is 11.6. The van der Waals surface area contributed by atoms with E-state index in [0.29, 0.717) is 12.8 Å². The summed E-state index contributed by atoms with van der Waals surface area (Å²) in [5, 5.41) is 3.19. The van der Waals surface area contributed by atoms with Crippen molar-refractivity contribution in [1.29, 1.82) is 0 Å². The molecule has 0 bridgehead atoms. The first-order chi connectivity index (χ1) is 16.1. The lowest BCUT2D eigenvalue weighted by Crippen LogP contribution is -2.44. The lowest BCUT2D eigenvalue weighted by molar-refractivity contribution is -0.122. The molecule has 0 atom stereocenters. The Morgan fingerprint density at radius 1 is 0.848 bits per heavy atom. The van der Waals surface area contributed by atoms with E-state index in [4.69, 9.17) is 0 Å². The lowest BCUT2D eigenvalue weighted by Gasteiger charge is -2.32. The van der Waals surface area contributed by atoms with Crippen LogP contribution in [0.5, 0.6) is 0 Å². The topological polar surface area (TPSA) is 32.3 Å². The van der Waals surface area contributed by atoms with E-state index < -0.39 is 0 Å². The van der Waals surface area contributed by atoms with Gasteiger partial charge in [-0.05, 0) is 60.2 Å². The van der Waals surface area contributed by atoms with Crippen LogP contribution in [-0.2, 0) is 11.3 Å². The molecule has 4 rings (SSSR count). The predicted molar refractivity (Wildman–Crippen MR) is 127 cm³/mol. The van der Waals surface area contributed by atoms with Crippen molar-refractivity contribution in [3.63, 3.8) is 0 Å². The molecular formula is C28H30F2N2O. The molecule has 0 aromatic heterocycles. The normalized spacial score (nSPS) is 15.0. The van der Waals surface area contributed by atoms with Gasteiger partial charge >= 0.3 is 0 Å². The summed E-state index contributed by atoms with van der Waals surface area (Å²) in [5.74, 6) is -0.656. The van der Waals surface area contributed by atoms with Gasteiger partial charge < -0.3 is 5.32 Å². The monoisotopic (exact) mass is 448 g/mol. The minimum Gasteiger partial charge on any atom is -0.353 e. The average molecular weight is 449 g/mol. The Kier molecular flexibility index (Phi) is 7.84. The number of nitrogens with zero attached hydrogens (tertiary/aromatic N) is 1. The van der Waals surface area contributed by atoms with Gasteiger partial charge in [0, 0.05) is 38.0 Å². The van der Waals surface area contributed by atoms with E-state index in [9.17, 15) is 13.6 Å². The van der Waals surface area contributed by atoms with Crippen LogP contribution in [0.3, 0.4) is 0 Å². The highest BCUT2D eigenvalue weighted by Gasteiger charge is 2.22. The van der Waals surface area contributed by atoms with Crippen molar-refractivity contribution < 1.29 is 13.6 Å². The number of rotatable bonds is 8. The van der Waals surface area contributed by atoms with Crippen molar-refractivity contribution >= 4 is 5.91 Å². The molecule has 33 heavy (non-hydrogen) atoms. The van der Waals surface area contributed by atoms with Gasteiger partial charge in [-0.3, -0.25) is 9.69 Å². The summed E-state index contributed by atoms with van der Waals surface area (Å²) in [4.78, 5) is 15.1. The van der Waals surface area contributed by atoms with E-state index in [-0.39, 0.29) is 29.5 Å². The summed E-state index contributed by atoms with van der Waals surface area (Å²) in [7, 11) is 0. The van der Waals surface area contributed by atoms with Gasteiger partial charge in [-0.1, -0.05) is 54.6 Å².